The Morgan fingerprint density at radius 2 is 2.21 bits per heavy atom. The van der Waals surface area contributed by atoms with Gasteiger partial charge in [-0.05, 0) is 13.8 Å². The van der Waals surface area contributed by atoms with Gasteiger partial charge in [-0.25, -0.2) is 18.7 Å². The molecule has 0 bridgehead atoms. The molecule has 19 heavy (non-hydrogen) atoms. The lowest BCUT2D eigenvalue weighted by Crippen LogP contribution is -2.53. The van der Waals surface area contributed by atoms with Crippen molar-refractivity contribution in [2.75, 3.05) is 18.4 Å². The Morgan fingerprint density at radius 3 is 2.79 bits per heavy atom. The van der Waals surface area contributed by atoms with Crippen molar-refractivity contribution in [3.63, 3.8) is 0 Å². The van der Waals surface area contributed by atoms with Gasteiger partial charge in [-0.1, -0.05) is 0 Å². The Morgan fingerprint density at radius 1 is 1.42 bits per heavy atom. The second-order valence-corrected chi connectivity index (χ2v) is 4.67. The molecule has 0 radical (unpaired) electrons. The molecule has 0 saturated carbocycles. The first-order chi connectivity index (χ1) is 9.06. The number of aromatic nitrogens is 2. The lowest BCUT2D eigenvalue weighted by molar-refractivity contribution is -0.0406. The molecule has 2 rings (SSSR count). The second kappa shape index (κ2) is 6.21. The summed E-state index contributed by atoms with van der Waals surface area (Å²) in [6.07, 6.45) is 0.110. The lowest BCUT2D eigenvalue weighted by Gasteiger charge is -2.34. The first kappa shape index (κ1) is 14.1. The number of morpholine rings is 1. The molecule has 0 aromatic carbocycles. The molecule has 1 saturated heterocycles. The third kappa shape index (κ3) is 3.81. The highest BCUT2D eigenvalue weighted by Crippen LogP contribution is 2.15. The van der Waals surface area contributed by atoms with Crippen molar-refractivity contribution in [2.45, 2.75) is 38.5 Å². The molecule has 2 N–H and O–H groups in total. The van der Waals surface area contributed by atoms with E-state index in [1.165, 1.54) is 6.20 Å². The van der Waals surface area contributed by atoms with E-state index in [9.17, 15) is 8.78 Å². The second-order valence-electron chi connectivity index (χ2n) is 4.67. The maximum atomic E-state index is 12.3. The van der Waals surface area contributed by atoms with Crippen molar-refractivity contribution in [3.05, 3.63) is 18.1 Å². The molecule has 0 amide bonds. The van der Waals surface area contributed by atoms with Gasteiger partial charge in [0.1, 0.15) is 11.5 Å². The van der Waals surface area contributed by atoms with Crippen LogP contribution in [0.2, 0.25) is 0 Å². The number of halogens is 2. The molecule has 1 aromatic rings. The molecule has 1 aromatic heterocycles. The smallest absolute Gasteiger partial charge is 0.281 e. The molecule has 7 heteroatoms. The van der Waals surface area contributed by atoms with Gasteiger partial charge in [0, 0.05) is 13.1 Å². The van der Waals surface area contributed by atoms with Crippen molar-refractivity contribution in [1.82, 2.24) is 15.3 Å². The minimum absolute atomic E-state index is 0.0875. The molecule has 1 aliphatic rings. The SMILES string of the molecule is C[C@@H]1CN[C@H](CNc2cnc(C(F)F)cn2)[C@H](C)O1. The Kier molecular flexibility index (Phi) is 4.60. The molecule has 2 heterocycles. The number of anilines is 1. The zero-order valence-corrected chi connectivity index (χ0v) is 10.9. The summed E-state index contributed by atoms with van der Waals surface area (Å²) in [4.78, 5) is 7.55. The summed E-state index contributed by atoms with van der Waals surface area (Å²) >= 11 is 0. The standard InChI is InChI=1S/C12H18F2N4O/c1-7-3-15-9(8(2)19-7)4-17-11-6-16-10(5-18-11)12(13)14/h5-9,12,15H,3-4H2,1-2H3,(H,17,18)/t7-,8+,9-/m1/s1. The van der Waals surface area contributed by atoms with E-state index in [2.05, 4.69) is 20.6 Å². The quantitative estimate of drug-likeness (QED) is 0.871. The van der Waals surface area contributed by atoms with Crippen LogP contribution >= 0.6 is 0 Å². The van der Waals surface area contributed by atoms with Crippen LogP contribution in [0, 0.1) is 0 Å². The van der Waals surface area contributed by atoms with Gasteiger partial charge in [0.05, 0.1) is 30.6 Å². The molecule has 0 unspecified atom stereocenters. The van der Waals surface area contributed by atoms with Crippen molar-refractivity contribution in [1.29, 1.82) is 0 Å². The predicted octanol–water partition coefficient (Wildman–Crippen LogP) is 1.59. The third-order valence-electron chi connectivity index (χ3n) is 3.08. The fourth-order valence-electron chi connectivity index (χ4n) is 1.99. The van der Waals surface area contributed by atoms with Gasteiger partial charge >= 0.3 is 0 Å². The number of nitrogens with zero attached hydrogens (tertiary/aromatic N) is 2. The summed E-state index contributed by atoms with van der Waals surface area (Å²) in [6, 6.07) is 0.160. The van der Waals surface area contributed by atoms with E-state index < -0.39 is 6.43 Å². The van der Waals surface area contributed by atoms with Crippen LogP contribution in [0.5, 0.6) is 0 Å². The minimum atomic E-state index is -2.59. The van der Waals surface area contributed by atoms with Gasteiger partial charge in [-0.3, -0.25) is 0 Å². The maximum absolute atomic E-state index is 12.3. The van der Waals surface area contributed by atoms with Gasteiger partial charge in [-0.2, -0.15) is 0 Å². The first-order valence-corrected chi connectivity index (χ1v) is 6.29. The Bertz CT molecular complexity index is 401. The Hall–Kier alpha value is -1.34. The molecule has 3 atom stereocenters. The van der Waals surface area contributed by atoms with Gasteiger partial charge in [0.25, 0.3) is 6.43 Å². The van der Waals surface area contributed by atoms with Crippen LogP contribution in [0.15, 0.2) is 12.4 Å². The van der Waals surface area contributed by atoms with Crippen molar-refractivity contribution in [2.24, 2.45) is 0 Å². The monoisotopic (exact) mass is 272 g/mol. The number of nitrogens with one attached hydrogen (secondary N) is 2. The van der Waals surface area contributed by atoms with E-state index in [1.54, 1.807) is 0 Å². The normalized spacial score (nSPS) is 27.5. The van der Waals surface area contributed by atoms with Crippen LogP contribution in [0.1, 0.15) is 26.0 Å². The van der Waals surface area contributed by atoms with Crippen LogP contribution in [0.4, 0.5) is 14.6 Å². The average Bonchev–Trinajstić information content (AvgIpc) is 2.38. The minimum Gasteiger partial charge on any atom is -0.373 e. The Balaban J connectivity index is 1.85. The third-order valence-corrected chi connectivity index (χ3v) is 3.08. The van der Waals surface area contributed by atoms with Crippen molar-refractivity contribution < 1.29 is 13.5 Å². The van der Waals surface area contributed by atoms with E-state index in [4.69, 9.17) is 4.74 Å². The Labute approximate surface area is 110 Å². The van der Waals surface area contributed by atoms with E-state index >= 15 is 0 Å². The highest BCUT2D eigenvalue weighted by Gasteiger charge is 2.25. The van der Waals surface area contributed by atoms with E-state index in [1.807, 2.05) is 13.8 Å². The number of alkyl halides is 2. The van der Waals surface area contributed by atoms with Crippen LogP contribution in [0.25, 0.3) is 0 Å². The number of hydrogen-bond donors (Lipinski definition) is 2. The van der Waals surface area contributed by atoms with Crippen LogP contribution < -0.4 is 10.6 Å². The summed E-state index contributed by atoms with van der Waals surface area (Å²) in [5.74, 6) is 0.483. The fourth-order valence-corrected chi connectivity index (χ4v) is 1.99. The van der Waals surface area contributed by atoms with Gasteiger partial charge in [0.15, 0.2) is 0 Å². The molecule has 1 aliphatic heterocycles. The van der Waals surface area contributed by atoms with Gasteiger partial charge in [-0.15, -0.1) is 0 Å². The molecule has 0 aliphatic carbocycles. The average molecular weight is 272 g/mol. The maximum Gasteiger partial charge on any atom is 0.281 e. The number of rotatable bonds is 4. The van der Waals surface area contributed by atoms with E-state index in [0.717, 1.165) is 12.7 Å². The fraction of sp³-hybridized carbons (Fsp3) is 0.667. The highest BCUT2D eigenvalue weighted by molar-refractivity contribution is 5.31. The molecule has 106 valence electrons. The molecular formula is C12H18F2N4O. The van der Waals surface area contributed by atoms with Gasteiger partial charge < -0.3 is 15.4 Å². The van der Waals surface area contributed by atoms with E-state index in [0.29, 0.717) is 12.4 Å². The van der Waals surface area contributed by atoms with Crippen LogP contribution in [-0.4, -0.2) is 41.3 Å². The lowest BCUT2D eigenvalue weighted by atomic mass is 10.1. The largest absolute Gasteiger partial charge is 0.373 e. The van der Waals surface area contributed by atoms with Crippen molar-refractivity contribution >= 4 is 5.82 Å². The summed E-state index contributed by atoms with van der Waals surface area (Å²) in [5, 5.41) is 6.43. The highest BCUT2D eigenvalue weighted by atomic mass is 19.3. The van der Waals surface area contributed by atoms with Crippen LogP contribution in [-0.2, 0) is 4.74 Å². The molecule has 1 fully saturated rings. The summed E-state index contributed by atoms with van der Waals surface area (Å²) in [5.41, 5.74) is -0.313. The summed E-state index contributed by atoms with van der Waals surface area (Å²) < 4.78 is 30.3. The topological polar surface area (TPSA) is 59.1 Å². The van der Waals surface area contributed by atoms with Crippen molar-refractivity contribution in [3.8, 4) is 0 Å². The number of hydrogen-bond acceptors (Lipinski definition) is 5. The molecule has 0 spiro atoms. The zero-order valence-electron chi connectivity index (χ0n) is 10.9. The summed E-state index contributed by atoms with van der Waals surface area (Å²) in [7, 11) is 0. The van der Waals surface area contributed by atoms with E-state index in [-0.39, 0.29) is 23.9 Å². The zero-order chi connectivity index (χ0) is 13.8. The first-order valence-electron chi connectivity index (χ1n) is 6.29. The number of ether oxygens (including phenoxy) is 1. The molecule has 5 nitrogen and oxygen atoms in total. The predicted molar refractivity (Wildman–Crippen MR) is 67.3 cm³/mol. The molecular weight excluding hydrogens is 254 g/mol. The summed E-state index contributed by atoms with van der Waals surface area (Å²) in [6.45, 7) is 5.42. The van der Waals surface area contributed by atoms with Crippen LogP contribution in [0.3, 0.4) is 0 Å². The van der Waals surface area contributed by atoms with Gasteiger partial charge in [0.2, 0.25) is 0 Å².